The number of benzene rings is 1. The van der Waals surface area contributed by atoms with Crippen LogP contribution in [-0.4, -0.2) is 30.8 Å². The van der Waals surface area contributed by atoms with E-state index in [4.69, 9.17) is 0 Å². The van der Waals surface area contributed by atoms with Crippen molar-refractivity contribution in [2.75, 3.05) is 5.32 Å². The molecule has 2 heterocycles. The summed E-state index contributed by atoms with van der Waals surface area (Å²) in [5, 5.41) is 16.4. The van der Waals surface area contributed by atoms with E-state index in [-0.39, 0.29) is 17.5 Å². The predicted molar refractivity (Wildman–Crippen MR) is 80.0 cm³/mol. The lowest BCUT2D eigenvalue weighted by atomic mass is 10.1. The molecule has 0 aliphatic rings. The normalized spacial score (nSPS) is 10.5. The zero-order chi connectivity index (χ0) is 16.2. The Balaban J connectivity index is 1.78. The Kier molecular flexibility index (Phi) is 3.96. The summed E-state index contributed by atoms with van der Waals surface area (Å²) in [6.07, 6.45) is 4.46. The van der Waals surface area contributed by atoms with Crippen molar-refractivity contribution in [3.8, 4) is 11.8 Å². The van der Waals surface area contributed by atoms with Gasteiger partial charge in [0.15, 0.2) is 0 Å². The second-order valence-corrected chi connectivity index (χ2v) is 4.64. The number of halogens is 1. The van der Waals surface area contributed by atoms with Crippen LogP contribution in [0.4, 0.5) is 10.1 Å². The zero-order valence-corrected chi connectivity index (χ0v) is 11.8. The molecule has 0 saturated carbocycles. The first-order valence-electron chi connectivity index (χ1n) is 6.69. The van der Waals surface area contributed by atoms with Crippen molar-refractivity contribution in [2.45, 2.75) is 6.67 Å². The first-order chi connectivity index (χ1) is 11.2. The third kappa shape index (κ3) is 3.15. The van der Waals surface area contributed by atoms with E-state index in [1.165, 1.54) is 35.1 Å². The van der Waals surface area contributed by atoms with Gasteiger partial charge in [0.1, 0.15) is 12.4 Å². The number of alkyl halides is 1. The van der Waals surface area contributed by atoms with Crippen LogP contribution in [-0.2, 0) is 6.67 Å². The Morgan fingerprint density at radius 1 is 1.30 bits per heavy atom. The van der Waals surface area contributed by atoms with E-state index in [1.807, 2.05) is 0 Å². The van der Waals surface area contributed by atoms with Crippen LogP contribution in [0.2, 0.25) is 0 Å². The van der Waals surface area contributed by atoms with E-state index >= 15 is 0 Å². The highest BCUT2D eigenvalue weighted by Gasteiger charge is 2.12. The predicted octanol–water partition coefficient (Wildman–Crippen LogP) is 2.09. The molecule has 3 aromatic rings. The summed E-state index contributed by atoms with van der Waals surface area (Å²) in [5.41, 5.74) is 0.884. The molecule has 0 spiro atoms. The highest BCUT2D eigenvalue weighted by molar-refractivity contribution is 6.04. The highest BCUT2D eigenvalue weighted by Crippen LogP contribution is 2.20. The van der Waals surface area contributed by atoms with Gasteiger partial charge in [-0.1, -0.05) is 12.1 Å². The molecule has 7 nitrogen and oxygen atoms in total. The molecule has 2 aromatic heterocycles. The third-order valence-electron chi connectivity index (χ3n) is 3.08. The van der Waals surface area contributed by atoms with Gasteiger partial charge in [0, 0.05) is 18.0 Å². The molecule has 0 radical (unpaired) electrons. The molecular formula is C15H12FN5O2. The van der Waals surface area contributed by atoms with Gasteiger partial charge in [-0.3, -0.25) is 4.79 Å². The monoisotopic (exact) mass is 313 g/mol. The Labute approximate surface area is 130 Å². The van der Waals surface area contributed by atoms with Crippen LogP contribution in [0.5, 0.6) is 5.88 Å². The summed E-state index contributed by atoms with van der Waals surface area (Å²) in [5.74, 6) is -0.654. The molecule has 1 aromatic carbocycles. The van der Waals surface area contributed by atoms with Gasteiger partial charge in [-0.05, 0) is 23.8 Å². The van der Waals surface area contributed by atoms with Gasteiger partial charge in [0.2, 0.25) is 5.88 Å². The van der Waals surface area contributed by atoms with Crippen molar-refractivity contribution in [1.29, 1.82) is 0 Å². The maximum Gasteiger partial charge on any atom is 0.255 e. The lowest BCUT2D eigenvalue weighted by Gasteiger charge is -2.08. The Bertz CT molecular complexity index is 818. The minimum Gasteiger partial charge on any atom is -0.492 e. The fraction of sp³-hybridized carbons (Fsp3) is 0.0667. The van der Waals surface area contributed by atoms with Crippen LogP contribution in [0.1, 0.15) is 15.9 Å². The van der Waals surface area contributed by atoms with Gasteiger partial charge >= 0.3 is 0 Å². The molecule has 23 heavy (non-hydrogen) atoms. The van der Waals surface area contributed by atoms with E-state index in [1.54, 1.807) is 18.5 Å². The van der Waals surface area contributed by atoms with E-state index in [0.29, 0.717) is 11.1 Å². The molecule has 2 N–H and O–H groups in total. The molecule has 0 atom stereocenters. The lowest BCUT2D eigenvalue weighted by molar-refractivity contribution is 0.102. The number of nitrogens with zero attached hydrogens (tertiary/aromatic N) is 4. The van der Waals surface area contributed by atoms with Crippen molar-refractivity contribution in [3.63, 3.8) is 0 Å². The lowest BCUT2D eigenvalue weighted by Crippen LogP contribution is -2.13. The van der Waals surface area contributed by atoms with Crippen LogP contribution in [0.25, 0.3) is 5.95 Å². The number of carbonyl (C=O) groups excluding carboxylic acids is 1. The summed E-state index contributed by atoms with van der Waals surface area (Å²) >= 11 is 0. The van der Waals surface area contributed by atoms with Crippen LogP contribution in [0.3, 0.4) is 0 Å². The molecule has 0 aliphatic heterocycles. The molecule has 116 valence electrons. The Morgan fingerprint density at radius 3 is 2.70 bits per heavy atom. The molecule has 1 amide bonds. The Morgan fingerprint density at radius 2 is 2.09 bits per heavy atom. The minimum atomic E-state index is -0.592. The summed E-state index contributed by atoms with van der Waals surface area (Å²) in [6, 6.07) is 7.73. The van der Waals surface area contributed by atoms with Crippen LogP contribution in [0, 0.1) is 0 Å². The van der Waals surface area contributed by atoms with Gasteiger partial charge in [-0.2, -0.15) is 10.1 Å². The second kappa shape index (κ2) is 6.22. The number of anilines is 1. The van der Waals surface area contributed by atoms with Crippen LogP contribution < -0.4 is 5.32 Å². The average Bonchev–Trinajstić information content (AvgIpc) is 3.11. The molecule has 0 bridgehead atoms. The largest absolute Gasteiger partial charge is 0.492 e. The topological polar surface area (TPSA) is 92.9 Å². The number of nitrogens with one attached hydrogen (secondary N) is 1. The SMILES string of the molecule is O=C(Nc1cnc(-n2cccn2)nc1O)c1ccc(CF)cc1. The van der Waals surface area contributed by atoms with Crippen molar-refractivity contribution in [1.82, 2.24) is 19.7 Å². The van der Waals surface area contributed by atoms with Crippen LogP contribution >= 0.6 is 0 Å². The number of rotatable bonds is 4. The standard InChI is InChI=1S/C15H12FN5O2/c16-8-10-2-4-11(5-3-10)13(22)19-12-9-17-15(20-14(12)23)21-7-1-6-18-21/h1-7,9H,8H2,(H,19,22)(H,17,20,23). The smallest absolute Gasteiger partial charge is 0.255 e. The number of hydrogen-bond donors (Lipinski definition) is 2. The second-order valence-electron chi connectivity index (χ2n) is 4.64. The van der Waals surface area contributed by atoms with Crippen molar-refractivity contribution in [2.24, 2.45) is 0 Å². The molecule has 0 fully saturated rings. The van der Waals surface area contributed by atoms with Crippen molar-refractivity contribution in [3.05, 3.63) is 60.0 Å². The molecule has 8 heteroatoms. The quantitative estimate of drug-likeness (QED) is 0.769. The van der Waals surface area contributed by atoms with E-state index in [2.05, 4.69) is 20.4 Å². The Hall–Kier alpha value is -3.29. The minimum absolute atomic E-state index is 0.0699. The highest BCUT2D eigenvalue weighted by atomic mass is 19.1. The molecule has 0 aliphatic carbocycles. The molecular weight excluding hydrogens is 301 g/mol. The maximum atomic E-state index is 12.5. The van der Waals surface area contributed by atoms with E-state index < -0.39 is 12.6 Å². The van der Waals surface area contributed by atoms with Gasteiger partial charge in [-0.25, -0.2) is 14.1 Å². The maximum absolute atomic E-state index is 12.5. The van der Waals surface area contributed by atoms with Crippen molar-refractivity contribution < 1.29 is 14.3 Å². The number of aromatic hydroxyl groups is 1. The van der Waals surface area contributed by atoms with Gasteiger partial charge in [0.05, 0.1) is 6.20 Å². The van der Waals surface area contributed by atoms with Crippen LogP contribution in [0.15, 0.2) is 48.9 Å². The average molecular weight is 313 g/mol. The number of carbonyl (C=O) groups is 1. The fourth-order valence-corrected chi connectivity index (χ4v) is 1.89. The molecule has 3 rings (SSSR count). The van der Waals surface area contributed by atoms with E-state index in [9.17, 15) is 14.3 Å². The number of hydrogen-bond acceptors (Lipinski definition) is 5. The summed E-state index contributed by atoms with van der Waals surface area (Å²) < 4.78 is 13.8. The van der Waals surface area contributed by atoms with E-state index in [0.717, 1.165) is 0 Å². The molecule has 0 unspecified atom stereocenters. The zero-order valence-electron chi connectivity index (χ0n) is 11.8. The van der Waals surface area contributed by atoms with Gasteiger partial charge in [-0.15, -0.1) is 0 Å². The third-order valence-corrected chi connectivity index (χ3v) is 3.08. The van der Waals surface area contributed by atoms with Gasteiger partial charge < -0.3 is 10.4 Å². The summed E-state index contributed by atoms with van der Waals surface area (Å²) in [4.78, 5) is 20.0. The fourth-order valence-electron chi connectivity index (χ4n) is 1.89. The number of aromatic nitrogens is 4. The van der Waals surface area contributed by atoms with Crippen molar-refractivity contribution >= 4 is 11.6 Å². The first-order valence-corrected chi connectivity index (χ1v) is 6.69. The van der Waals surface area contributed by atoms with Gasteiger partial charge in [0.25, 0.3) is 11.9 Å². The first kappa shape index (κ1) is 14.6. The summed E-state index contributed by atoms with van der Waals surface area (Å²) in [7, 11) is 0. The number of amides is 1. The summed E-state index contributed by atoms with van der Waals surface area (Å²) in [6.45, 7) is -0.592. The molecule has 0 saturated heterocycles.